The van der Waals surface area contributed by atoms with Gasteiger partial charge >= 0.3 is 0 Å². The van der Waals surface area contributed by atoms with Crippen LogP contribution in [-0.4, -0.2) is 24.4 Å². The highest BCUT2D eigenvalue weighted by molar-refractivity contribution is 5.81. The molecule has 1 aliphatic heterocycles. The first-order valence-electron chi connectivity index (χ1n) is 6.83. The fourth-order valence-electron chi connectivity index (χ4n) is 2.78. The van der Waals surface area contributed by atoms with Gasteiger partial charge in [-0.25, -0.2) is 0 Å². The summed E-state index contributed by atoms with van der Waals surface area (Å²) in [5.41, 5.74) is 0. The number of carbonyl (C=O) groups is 2. The molecular formula is C13H22N2O2. The minimum atomic E-state index is 0.0481. The van der Waals surface area contributed by atoms with E-state index in [4.69, 9.17) is 0 Å². The molecule has 0 bridgehead atoms. The van der Waals surface area contributed by atoms with Gasteiger partial charge in [-0.3, -0.25) is 9.59 Å². The van der Waals surface area contributed by atoms with Crippen molar-refractivity contribution in [1.29, 1.82) is 0 Å². The van der Waals surface area contributed by atoms with E-state index in [0.29, 0.717) is 6.42 Å². The van der Waals surface area contributed by atoms with Crippen molar-refractivity contribution in [2.75, 3.05) is 6.54 Å². The fourth-order valence-corrected chi connectivity index (χ4v) is 2.78. The Morgan fingerprint density at radius 3 is 2.65 bits per heavy atom. The highest BCUT2D eigenvalue weighted by Gasteiger charge is 2.25. The van der Waals surface area contributed by atoms with Gasteiger partial charge in [-0.2, -0.15) is 0 Å². The Labute approximate surface area is 103 Å². The average molecular weight is 238 g/mol. The molecule has 2 N–H and O–H groups in total. The minimum absolute atomic E-state index is 0.0481. The lowest BCUT2D eigenvalue weighted by Gasteiger charge is -2.23. The van der Waals surface area contributed by atoms with Gasteiger partial charge in [0.25, 0.3) is 0 Å². The zero-order valence-electron chi connectivity index (χ0n) is 10.3. The highest BCUT2D eigenvalue weighted by atomic mass is 16.2. The molecule has 0 unspecified atom stereocenters. The molecule has 0 aromatic rings. The van der Waals surface area contributed by atoms with Crippen molar-refractivity contribution >= 4 is 11.8 Å². The van der Waals surface area contributed by atoms with Gasteiger partial charge in [0.1, 0.15) is 0 Å². The molecule has 0 aromatic heterocycles. The summed E-state index contributed by atoms with van der Waals surface area (Å²) >= 11 is 0. The molecule has 1 aliphatic carbocycles. The van der Waals surface area contributed by atoms with E-state index in [1.165, 1.54) is 19.3 Å². The van der Waals surface area contributed by atoms with E-state index in [2.05, 4.69) is 10.6 Å². The van der Waals surface area contributed by atoms with Gasteiger partial charge in [0.15, 0.2) is 0 Å². The van der Waals surface area contributed by atoms with Crippen molar-refractivity contribution < 1.29 is 9.59 Å². The largest absolute Gasteiger partial charge is 0.356 e. The molecule has 4 heteroatoms. The molecule has 2 fully saturated rings. The third-order valence-electron chi connectivity index (χ3n) is 3.81. The first kappa shape index (κ1) is 12.4. The number of amides is 2. The summed E-state index contributed by atoms with van der Waals surface area (Å²) < 4.78 is 0. The zero-order valence-corrected chi connectivity index (χ0v) is 10.3. The molecular weight excluding hydrogens is 216 g/mol. The van der Waals surface area contributed by atoms with Crippen molar-refractivity contribution in [3.05, 3.63) is 0 Å². The Bertz CT molecular complexity index is 285. The van der Waals surface area contributed by atoms with Gasteiger partial charge in [0.2, 0.25) is 11.8 Å². The lowest BCUT2D eigenvalue weighted by Crippen LogP contribution is -2.40. The molecule has 2 amide bonds. The van der Waals surface area contributed by atoms with Crippen LogP contribution in [-0.2, 0) is 9.59 Å². The van der Waals surface area contributed by atoms with Crippen LogP contribution in [0, 0.1) is 5.92 Å². The lowest BCUT2D eigenvalue weighted by molar-refractivity contribution is -0.127. The summed E-state index contributed by atoms with van der Waals surface area (Å²) in [5, 5.41) is 5.90. The molecule has 0 aromatic carbocycles. The summed E-state index contributed by atoms with van der Waals surface area (Å²) in [4.78, 5) is 23.4. The summed E-state index contributed by atoms with van der Waals surface area (Å²) in [6, 6.07) is 0.0481. The van der Waals surface area contributed by atoms with Crippen LogP contribution in [0.15, 0.2) is 0 Å². The van der Waals surface area contributed by atoms with Crippen molar-refractivity contribution in [1.82, 2.24) is 10.6 Å². The standard InChI is InChI=1S/C13H22N2O2/c16-12-9-11(7-4-8-14-12)15-13(17)10-5-2-1-3-6-10/h10-11H,1-9H2,(H,14,16)(H,15,17)/t11-/m0/s1. The Balaban J connectivity index is 1.81. The van der Waals surface area contributed by atoms with Crippen molar-refractivity contribution in [2.45, 2.75) is 57.4 Å². The monoisotopic (exact) mass is 238 g/mol. The van der Waals surface area contributed by atoms with E-state index in [1.54, 1.807) is 0 Å². The fraction of sp³-hybridized carbons (Fsp3) is 0.846. The molecule has 0 spiro atoms. The Morgan fingerprint density at radius 2 is 1.88 bits per heavy atom. The third-order valence-corrected chi connectivity index (χ3v) is 3.81. The first-order valence-corrected chi connectivity index (χ1v) is 6.83. The van der Waals surface area contributed by atoms with Gasteiger partial charge < -0.3 is 10.6 Å². The topological polar surface area (TPSA) is 58.2 Å². The van der Waals surface area contributed by atoms with Crippen molar-refractivity contribution in [2.24, 2.45) is 5.92 Å². The van der Waals surface area contributed by atoms with Crippen molar-refractivity contribution in [3.8, 4) is 0 Å². The minimum Gasteiger partial charge on any atom is -0.356 e. The van der Waals surface area contributed by atoms with E-state index in [9.17, 15) is 9.59 Å². The molecule has 1 heterocycles. The van der Waals surface area contributed by atoms with E-state index >= 15 is 0 Å². The van der Waals surface area contributed by atoms with Crippen LogP contribution in [0.3, 0.4) is 0 Å². The molecule has 0 radical (unpaired) electrons. The van der Waals surface area contributed by atoms with Crippen molar-refractivity contribution in [3.63, 3.8) is 0 Å². The first-order chi connectivity index (χ1) is 8.25. The Kier molecular flexibility index (Phi) is 4.40. The molecule has 96 valence electrons. The smallest absolute Gasteiger partial charge is 0.223 e. The lowest BCUT2D eigenvalue weighted by atomic mass is 9.88. The number of hydrogen-bond acceptors (Lipinski definition) is 2. The Hall–Kier alpha value is -1.06. The van der Waals surface area contributed by atoms with Crippen LogP contribution in [0.5, 0.6) is 0 Å². The maximum absolute atomic E-state index is 12.0. The van der Waals surface area contributed by atoms with Gasteiger partial charge in [-0.15, -0.1) is 0 Å². The summed E-state index contributed by atoms with van der Waals surface area (Å²) in [5.74, 6) is 0.427. The van der Waals surface area contributed by atoms with Crippen LogP contribution < -0.4 is 10.6 Å². The molecule has 4 nitrogen and oxygen atoms in total. The highest BCUT2D eigenvalue weighted by Crippen LogP contribution is 2.24. The van der Waals surface area contributed by atoms with E-state index in [-0.39, 0.29) is 23.8 Å². The van der Waals surface area contributed by atoms with Crippen LogP contribution in [0.1, 0.15) is 51.4 Å². The predicted octanol–water partition coefficient (Wildman–Crippen LogP) is 1.35. The molecule has 17 heavy (non-hydrogen) atoms. The van der Waals surface area contributed by atoms with Crippen LogP contribution in [0.25, 0.3) is 0 Å². The number of rotatable bonds is 2. The molecule has 1 saturated carbocycles. The summed E-state index contributed by atoms with van der Waals surface area (Å²) in [6.07, 6.45) is 7.95. The van der Waals surface area contributed by atoms with E-state index in [1.807, 2.05) is 0 Å². The quantitative estimate of drug-likeness (QED) is 0.763. The second-order valence-electron chi connectivity index (χ2n) is 5.24. The van der Waals surface area contributed by atoms with E-state index < -0.39 is 0 Å². The maximum atomic E-state index is 12.0. The van der Waals surface area contributed by atoms with Crippen LogP contribution in [0.4, 0.5) is 0 Å². The third kappa shape index (κ3) is 3.72. The second-order valence-corrected chi connectivity index (χ2v) is 5.24. The zero-order chi connectivity index (χ0) is 12.1. The second kappa shape index (κ2) is 6.03. The molecule has 2 rings (SSSR count). The summed E-state index contributed by atoms with van der Waals surface area (Å²) in [6.45, 7) is 0.745. The number of nitrogens with one attached hydrogen (secondary N) is 2. The normalized spacial score (nSPS) is 27.1. The predicted molar refractivity (Wildman–Crippen MR) is 65.4 cm³/mol. The van der Waals surface area contributed by atoms with Crippen LogP contribution >= 0.6 is 0 Å². The maximum Gasteiger partial charge on any atom is 0.223 e. The van der Waals surface area contributed by atoms with E-state index in [0.717, 1.165) is 32.2 Å². The van der Waals surface area contributed by atoms with Gasteiger partial charge in [0, 0.05) is 24.9 Å². The van der Waals surface area contributed by atoms with Gasteiger partial charge in [0.05, 0.1) is 0 Å². The number of hydrogen-bond donors (Lipinski definition) is 2. The molecule has 1 saturated heterocycles. The average Bonchev–Trinajstić information content (AvgIpc) is 2.55. The molecule has 1 atom stereocenters. The summed E-state index contributed by atoms with van der Waals surface area (Å²) in [7, 11) is 0. The molecule has 2 aliphatic rings. The Morgan fingerprint density at radius 1 is 1.12 bits per heavy atom. The van der Waals surface area contributed by atoms with Gasteiger partial charge in [-0.1, -0.05) is 19.3 Å². The SMILES string of the molecule is O=C1C[C@@H](NC(=O)C2CCCCC2)CCCN1. The number of carbonyl (C=O) groups excluding carboxylic acids is 2. The van der Waals surface area contributed by atoms with Gasteiger partial charge in [-0.05, 0) is 25.7 Å². The van der Waals surface area contributed by atoms with Crippen LogP contribution in [0.2, 0.25) is 0 Å².